The summed E-state index contributed by atoms with van der Waals surface area (Å²) >= 11 is 0. The molecule has 4 heteroatoms. The summed E-state index contributed by atoms with van der Waals surface area (Å²) in [4.78, 5) is 14.0. The van der Waals surface area contributed by atoms with E-state index >= 15 is 0 Å². The van der Waals surface area contributed by atoms with Crippen LogP contribution in [0.25, 0.3) is 0 Å². The first-order valence-electron chi connectivity index (χ1n) is 8.09. The maximum absolute atomic E-state index is 11.6. The van der Waals surface area contributed by atoms with Gasteiger partial charge < -0.3 is 16.0 Å². The number of nitrogens with one attached hydrogen (secondary N) is 1. The van der Waals surface area contributed by atoms with Crippen LogP contribution < -0.4 is 11.1 Å². The second kappa shape index (κ2) is 7.99. The molecule has 4 nitrogen and oxygen atoms in total. The van der Waals surface area contributed by atoms with Crippen molar-refractivity contribution in [3.8, 4) is 0 Å². The Morgan fingerprint density at radius 3 is 2.50 bits per heavy atom. The lowest BCUT2D eigenvalue weighted by atomic mass is 9.93. The molecular formula is C16H33N3O. The second-order valence-corrected chi connectivity index (χ2v) is 7.06. The van der Waals surface area contributed by atoms with E-state index in [1.807, 2.05) is 6.92 Å². The summed E-state index contributed by atoms with van der Waals surface area (Å²) in [5.74, 6) is 0.552. The van der Waals surface area contributed by atoms with Gasteiger partial charge in [0.05, 0.1) is 5.54 Å². The first kappa shape index (κ1) is 17.4. The van der Waals surface area contributed by atoms with Gasteiger partial charge in [0.15, 0.2) is 0 Å². The third-order valence-corrected chi connectivity index (χ3v) is 4.20. The van der Waals surface area contributed by atoms with Crippen LogP contribution in [-0.4, -0.2) is 42.5 Å². The molecule has 0 heterocycles. The van der Waals surface area contributed by atoms with Gasteiger partial charge in [-0.05, 0) is 71.5 Å². The zero-order chi connectivity index (χ0) is 15.2. The molecule has 0 saturated heterocycles. The van der Waals surface area contributed by atoms with Crippen LogP contribution in [0.4, 0.5) is 0 Å². The summed E-state index contributed by atoms with van der Waals surface area (Å²) in [5, 5.41) is 3.41. The molecule has 0 aromatic carbocycles. The molecule has 1 aliphatic carbocycles. The van der Waals surface area contributed by atoms with Crippen LogP contribution in [0.15, 0.2) is 0 Å². The van der Waals surface area contributed by atoms with E-state index < -0.39 is 5.54 Å². The minimum Gasteiger partial charge on any atom is -0.368 e. The van der Waals surface area contributed by atoms with Gasteiger partial charge in [-0.1, -0.05) is 13.8 Å². The molecule has 1 aliphatic rings. The third kappa shape index (κ3) is 6.71. The Hall–Kier alpha value is -0.610. The number of rotatable bonds is 11. The highest BCUT2D eigenvalue weighted by molar-refractivity contribution is 5.84. The van der Waals surface area contributed by atoms with E-state index in [2.05, 4.69) is 31.1 Å². The molecule has 1 fully saturated rings. The highest BCUT2D eigenvalue weighted by atomic mass is 16.1. The van der Waals surface area contributed by atoms with Crippen molar-refractivity contribution in [2.75, 3.05) is 20.1 Å². The van der Waals surface area contributed by atoms with Crippen LogP contribution in [0.1, 0.15) is 59.3 Å². The molecule has 1 saturated carbocycles. The van der Waals surface area contributed by atoms with Gasteiger partial charge in [-0.15, -0.1) is 0 Å². The molecule has 1 atom stereocenters. The van der Waals surface area contributed by atoms with Gasteiger partial charge in [0, 0.05) is 6.04 Å². The van der Waals surface area contributed by atoms with Crippen LogP contribution in [0.2, 0.25) is 0 Å². The number of carbonyl (C=O) groups is 1. The van der Waals surface area contributed by atoms with Crippen molar-refractivity contribution in [3.63, 3.8) is 0 Å². The van der Waals surface area contributed by atoms with Crippen molar-refractivity contribution >= 4 is 5.91 Å². The molecule has 1 amide bonds. The molecule has 0 radical (unpaired) electrons. The van der Waals surface area contributed by atoms with Crippen LogP contribution >= 0.6 is 0 Å². The molecular weight excluding hydrogens is 250 g/mol. The number of nitrogens with zero attached hydrogens (tertiary/aromatic N) is 1. The molecule has 1 unspecified atom stereocenters. The summed E-state index contributed by atoms with van der Waals surface area (Å²) in [6.07, 6.45) is 6.63. The average Bonchev–Trinajstić information content (AvgIpc) is 3.15. The molecule has 0 aromatic heterocycles. The zero-order valence-corrected chi connectivity index (χ0v) is 13.7. The van der Waals surface area contributed by atoms with Crippen molar-refractivity contribution < 1.29 is 4.79 Å². The fourth-order valence-corrected chi connectivity index (χ4v) is 2.40. The summed E-state index contributed by atoms with van der Waals surface area (Å²) in [6.45, 7) is 8.73. The lowest BCUT2D eigenvalue weighted by Crippen LogP contribution is -2.54. The van der Waals surface area contributed by atoms with Gasteiger partial charge in [-0.2, -0.15) is 0 Å². The Balaban J connectivity index is 2.18. The van der Waals surface area contributed by atoms with Crippen molar-refractivity contribution in [1.29, 1.82) is 0 Å². The van der Waals surface area contributed by atoms with Crippen molar-refractivity contribution in [2.45, 2.75) is 70.9 Å². The van der Waals surface area contributed by atoms with Crippen molar-refractivity contribution in [1.82, 2.24) is 10.2 Å². The quantitative estimate of drug-likeness (QED) is 0.571. The van der Waals surface area contributed by atoms with Gasteiger partial charge in [0.2, 0.25) is 5.91 Å². The third-order valence-electron chi connectivity index (χ3n) is 4.20. The van der Waals surface area contributed by atoms with Crippen LogP contribution in [0, 0.1) is 5.92 Å². The molecule has 0 aromatic rings. The van der Waals surface area contributed by atoms with Crippen LogP contribution in [0.5, 0.6) is 0 Å². The topological polar surface area (TPSA) is 58.4 Å². The summed E-state index contributed by atoms with van der Waals surface area (Å²) in [6, 6.07) is 0.515. The van der Waals surface area contributed by atoms with E-state index in [1.54, 1.807) is 0 Å². The molecule has 1 rings (SSSR count). The number of primary amides is 1. The molecule has 118 valence electrons. The normalized spacial score (nSPS) is 18.5. The van der Waals surface area contributed by atoms with E-state index in [0.29, 0.717) is 6.04 Å². The largest absolute Gasteiger partial charge is 0.368 e. The molecule has 0 bridgehead atoms. The lowest BCUT2D eigenvalue weighted by molar-refractivity contribution is -0.124. The average molecular weight is 283 g/mol. The number of amides is 1. The van der Waals surface area contributed by atoms with Gasteiger partial charge >= 0.3 is 0 Å². The Morgan fingerprint density at radius 1 is 1.35 bits per heavy atom. The molecule has 3 N–H and O–H groups in total. The second-order valence-electron chi connectivity index (χ2n) is 7.06. The highest BCUT2D eigenvalue weighted by Crippen LogP contribution is 2.25. The number of unbranched alkanes of at least 4 members (excludes halogenated alkanes) is 1. The standard InChI is InChI=1S/C16H33N3O/c1-13(2)9-12-19(4)11-6-5-10-16(3,15(17)20)18-14-7-8-14/h13-14,18H,5-12H2,1-4H3,(H2,17,20). The molecule has 20 heavy (non-hydrogen) atoms. The van der Waals surface area contributed by atoms with Crippen LogP contribution in [0.3, 0.4) is 0 Å². The predicted molar refractivity (Wildman–Crippen MR) is 84.6 cm³/mol. The van der Waals surface area contributed by atoms with Crippen molar-refractivity contribution in [2.24, 2.45) is 11.7 Å². The van der Waals surface area contributed by atoms with Gasteiger partial charge in [0.1, 0.15) is 0 Å². The predicted octanol–water partition coefficient (Wildman–Crippen LogP) is 2.13. The Bertz CT molecular complexity index is 302. The maximum atomic E-state index is 11.6. The van der Waals surface area contributed by atoms with Gasteiger partial charge in [0.25, 0.3) is 0 Å². The van der Waals surface area contributed by atoms with Gasteiger partial charge in [-0.25, -0.2) is 0 Å². The first-order valence-corrected chi connectivity index (χ1v) is 8.09. The Labute approximate surface area is 124 Å². The zero-order valence-electron chi connectivity index (χ0n) is 13.7. The maximum Gasteiger partial charge on any atom is 0.237 e. The SMILES string of the molecule is CC(C)CCN(C)CCCCC(C)(NC1CC1)C(N)=O. The molecule has 0 spiro atoms. The smallest absolute Gasteiger partial charge is 0.237 e. The number of nitrogens with two attached hydrogens (primary N) is 1. The first-order chi connectivity index (χ1) is 9.33. The van der Waals surface area contributed by atoms with E-state index in [1.165, 1.54) is 19.3 Å². The minimum absolute atomic E-state index is 0.211. The highest BCUT2D eigenvalue weighted by Gasteiger charge is 2.36. The monoisotopic (exact) mass is 283 g/mol. The fraction of sp³-hybridized carbons (Fsp3) is 0.938. The summed E-state index contributed by atoms with van der Waals surface area (Å²) in [7, 11) is 2.18. The summed E-state index contributed by atoms with van der Waals surface area (Å²) in [5.41, 5.74) is 5.04. The van der Waals surface area contributed by atoms with E-state index in [9.17, 15) is 4.79 Å². The minimum atomic E-state index is -0.516. The van der Waals surface area contributed by atoms with E-state index in [4.69, 9.17) is 5.73 Å². The van der Waals surface area contributed by atoms with Crippen LogP contribution in [-0.2, 0) is 4.79 Å². The van der Waals surface area contributed by atoms with Crippen molar-refractivity contribution in [3.05, 3.63) is 0 Å². The Kier molecular flexibility index (Phi) is 6.96. The lowest BCUT2D eigenvalue weighted by Gasteiger charge is -2.28. The number of hydrogen-bond donors (Lipinski definition) is 2. The molecule has 0 aliphatic heterocycles. The number of hydrogen-bond acceptors (Lipinski definition) is 3. The fourth-order valence-electron chi connectivity index (χ4n) is 2.40. The summed E-state index contributed by atoms with van der Waals surface area (Å²) < 4.78 is 0. The Morgan fingerprint density at radius 2 is 2.00 bits per heavy atom. The van der Waals surface area contributed by atoms with E-state index in [0.717, 1.165) is 38.3 Å². The van der Waals surface area contributed by atoms with Gasteiger partial charge in [-0.3, -0.25) is 4.79 Å². The number of carbonyl (C=O) groups excluding carboxylic acids is 1. The van der Waals surface area contributed by atoms with E-state index in [-0.39, 0.29) is 5.91 Å².